The Labute approximate surface area is 118 Å². The summed E-state index contributed by atoms with van der Waals surface area (Å²) in [7, 11) is 0. The van der Waals surface area contributed by atoms with Gasteiger partial charge in [0.1, 0.15) is 10.2 Å². The van der Waals surface area contributed by atoms with Crippen LogP contribution in [0.25, 0.3) is 0 Å². The van der Waals surface area contributed by atoms with Gasteiger partial charge >= 0.3 is 0 Å². The maximum absolute atomic E-state index is 11.5. The van der Waals surface area contributed by atoms with E-state index in [0.717, 1.165) is 18.5 Å². The minimum atomic E-state index is -0.186. The summed E-state index contributed by atoms with van der Waals surface area (Å²) in [6.07, 6.45) is 1.68. The van der Waals surface area contributed by atoms with E-state index in [1.165, 1.54) is 17.8 Å². The number of nitrogen functional groups attached to an aromatic ring is 1. The maximum Gasteiger partial charge on any atom is 0.251 e. The largest absolute Gasteiger partial charge is 0.368 e. The van der Waals surface area contributed by atoms with Gasteiger partial charge in [0, 0.05) is 17.8 Å². The van der Waals surface area contributed by atoms with Crippen molar-refractivity contribution in [2.45, 2.75) is 29.9 Å². The van der Waals surface area contributed by atoms with E-state index < -0.39 is 0 Å². The Morgan fingerprint density at radius 3 is 2.84 bits per heavy atom. The predicted molar refractivity (Wildman–Crippen MR) is 74.4 cm³/mol. The second kappa shape index (κ2) is 6.03. The lowest BCUT2D eigenvalue weighted by molar-refractivity contribution is 0.815. The van der Waals surface area contributed by atoms with Crippen LogP contribution in [0.3, 0.4) is 0 Å². The van der Waals surface area contributed by atoms with E-state index in [1.54, 1.807) is 6.07 Å². The lowest BCUT2D eigenvalue weighted by Crippen LogP contribution is -2.10. The fourth-order valence-electron chi connectivity index (χ4n) is 1.48. The predicted octanol–water partition coefficient (Wildman–Crippen LogP) is 1.90. The second-order valence-electron chi connectivity index (χ2n) is 3.78. The summed E-state index contributed by atoms with van der Waals surface area (Å²) in [4.78, 5) is 26.3. The van der Waals surface area contributed by atoms with Crippen molar-refractivity contribution >= 4 is 29.3 Å². The quantitative estimate of drug-likeness (QED) is 0.661. The lowest BCUT2D eigenvalue weighted by atomic mass is 10.2. The third-order valence-electron chi connectivity index (χ3n) is 2.17. The third kappa shape index (κ3) is 3.93. The lowest BCUT2D eigenvalue weighted by Gasteiger charge is -2.03. The number of hydrogen-bond acceptors (Lipinski definition) is 6. The van der Waals surface area contributed by atoms with Gasteiger partial charge in [-0.15, -0.1) is 0 Å². The van der Waals surface area contributed by atoms with Crippen molar-refractivity contribution in [2.75, 3.05) is 5.73 Å². The van der Waals surface area contributed by atoms with Crippen LogP contribution in [0.1, 0.15) is 19.0 Å². The van der Waals surface area contributed by atoms with Crippen LogP contribution in [0.5, 0.6) is 0 Å². The molecule has 6 nitrogen and oxygen atoms in total. The van der Waals surface area contributed by atoms with E-state index in [2.05, 4.69) is 19.9 Å². The van der Waals surface area contributed by atoms with Crippen molar-refractivity contribution in [3.05, 3.63) is 33.3 Å². The number of nitrogens with zero attached hydrogens (tertiary/aromatic N) is 3. The zero-order valence-electron chi connectivity index (χ0n) is 10.2. The van der Waals surface area contributed by atoms with Crippen LogP contribution in [-0.4, -0.2) is 19.9 Å². The van der Waals surface area contributed by atoms with E-state index in [-0.39, 0.29) is 16.7 Å². The number of nitrogens with one attached hydrogen (secondary N) is 1. The SMILES string of the molecule is CCCc1cc(=O)[nH]c(Sc2cc(Cl)nc(N)n2)n1. The Morgan fingerprint density at radius 1 is 1.37 bits per heavy atom. The number of aromatic amines is 1. The van der Waals surface area contributed by atoms with Crippen LogP contribution in [-0.2, 0) is 6.42 Å². The zero-order chi connectivity index (χ0) is 13.8. The highest BCUT2D eigenvalue weighted by Crippen LogP contribution is 2.24. The molecule has 0 bridgehead atoms. The molecule has 8 heteroatoms. The molecule has 2 heterocycles. The maximum atomic E-state index is 11.5. The van der Waals surface area contributed by atoms with Crippen molar-refractivity contribution in [1.82, 2.24) is 19.9 Å². The second-order valence-corrected chi connectivity index (χ2v) is 5.18. The Hall–Kier alpha value is -1.60. The van der Waals surface area contributed by atoms with Gasteiger partial charge in [0.25, 0.3) is 5.56 Å². The van der Waals surface area contributed by atoms with E-state index >= 15 is 0 Å². The Kier molecular flexibility index (Phi) is 4.39. The Bertz CT molecular complexity index is 625. The molecular weight excluding hydrogens is 286 g/mol. The van der Waals surface area contributed by atoms with Gasteiger partial charge in [0.2, 0.25) is 5.95 Å². The highest BCUT2D eigenvalue weighted by Gasteiger charge is 2.07. The summed E-state index contributed by atoms with van der Waals surface area (Å²) < 4.78 is 0. The fourth-order valence-corrected chi connectivity index (χ4v) is 2.56. The van der Waals surface area contributed by atoms with E-state index in [9.17, 15) is 4.79 Å². The normalized spacial score (nSPS) is 10.6. The monoisotopic (exact) mass is 297 g/mol. The van der Waals surface area contributed by atoms with Gasteiger partial charge in [0.15, 0.2) is 5.16 Å². The first-order chi connectivity index (χ1) is 9.06. The van der Waals surface area contributed by atoms with Gasteiger partial charge in [-0.05, 0) is 18.2 Å². The van der Waals surface area contributed by atoms with Crippen LogP contribution in [0, 0.1) is 0 Å². The van der Waals surface area contributed by atoms with Gasteiger partial charge in [-0.2, -0.15) is 0 Å². The minimum absolute atomic E-state index is 0.0852. The fraction of sp³-hybridized carbons (Fsp3) is 0.273. The van der Waals surface area contributed by atoms with Crippen LogP contribution in [0.2, 0.25) is 5.15 Å². The zero-order valence-corrected chi connectivity index (χ0v) is 11.8. The van der Waals surface area contributed by atoms with E-state index in [0.29, 0.717) is 10.2 Å². The Balaban J connectivity index is 2.29. The first kappa shape index (κ1) is 13.8. The molecule has 0 atom stereocenters. The molecule has 0 unspecified atom stereocenters. The average Bonchev–Trinajstić information content (AvgIpc) is 2.26. The molecule has 100 valence electrons. The summed E-state index contributed by atoms with van der Waals surface area (Å²) in [6, 6.07) is 3.06. The summed E-state index contributed by atoms with van der Waals surface area (Å²) in [5.41, 5.74) is 6.07. The van der Waals surface area contributed by atoms with Gasteiger partial charge < -0.3 is 10.7 Å². The smallest absolute Gasteiger partial charge is 0.251 e. The molecule has 0 aromatic carbocycles. The van der Waals surface area contributed by atoms with Crippen molar-refractivity contribution in [3.63, 3.8) is 0 Å². The van der Waals surface area contributed by atoms with Crippen molar-refractivity contribution in [3.8, 4) is 0 Å². The summed E-state index contributed by atoms with van der Waals surface area (Å²) >= 11 is 6.98. The van der Waals surface area contributed by atoms with E-state index in [4.69, 9.17) is 17.3 Å². The molecule has 0 saturated heterocycles. The molecule has 0 fully saturated rings. The molecule has 0 saturated carbocycles. The standard InChI is InChI=1S/C11H12ClN5OS/c1-2-3-6-4-8(18)16-11(14-6)19-9-5-7(12)15-10(13)17-9/h4-5H,2-3H2,1H3,(H2,13,15,17)(H,14,16,18). The first-order valence-corrected chi connectivity index (χ1v) is 6.84. The minimum Gasteiger partial charge on any atom is -0.368 e. The number of aryl methyl sites for hydroxylation is 1. The van der Waals surface area contributed by atoms with Gasteiger partial charge in [0.05, 0.1) is 0 Å². The van der Waals surface area contributed by atoms with Crippen molar-refractivity contribution < 1.29 is 0 Å². The number of hydrogen-bond donors (Lipinski definition) is 2. The Morgan fingerprint density at radius 2 is 2.16 bits per heavy atom. The average molecular weight is 298 g/mol. The number of aromatic nitrogens is 4. The van der Waals surface area contributed by atoms with Gasteiger partial charge in [-0.3, -0.25) is 4.79 Å². The molecule has 0 aliphatic carbocycles. The third-order valence-corrected chi connectivity index (χ3v) is 3.17. The molecule has 3 N–H and O–H groups in total. The molecule has 2 aromatic rings. The summed E-state index contributed by atoms with van der Waals surface area (Å²) in [6.45, 7) is 2.03. The number of halogens is 1. The van der Waals surface area contributed by atoms with Crippen molar-refractivity contribution in [1.29, 1.82) is 0 Å². The van der Waals surface area contributed by atoms with Crippen LogP contribution < -0.4 is 11.3 Å². The topological polar surface area (TPSA) is 97.5 Å². The van der Waals surface area contributed by atoms with Gasteiger partial charge in [-0.1, -0.05) is 24.9 Å². The first-order valence-electron chi connectivity index (χ1n) is 5.65. The highest BCUT2D eigenvalue weighted by molar-refractivity contribution is 7.99. The van der Waals surface area contributed by atoms with Crippen LogP contribution in [0.15, 0.2) is 27.1 Å². The number of rotatable bonds is 4. The van der Waals surface area contributed by atoms with E-state index in [1.807, 2.05) is 6.92 Å². The molecular formula is C11H12ClN5OS. The van der Waals surface area contributed by atoms with Gasteiger partial charge in [-0.25, -0.2) is 15.0 Å². The molecule has 0 amide bonds. The van der Waals surface area contributed by atoms with Crippen molar-refractivity contribution in [2.24, 2.45) is 0 Å². The molecule has 0 spiro atoms. The molecule has 0 radical (unpaired) electrons. The number of H-pyrrole nitrogens is 1. The molecule has 2 aromatic heterocycles. The van der Waals surface area contributed by atoms with Crippen LogP contribution >= 0.6 is 23.4 Å². The van der Waals surface area contributed by atoms with Crippen LogP contribution in [0.4, 0.5) is 5.95 Å². The number of nitrogens with two attached hydrogens (primary N) is 1. The molecule has 19 heavy (non-hydrogen) atoms. The summed E-state index contributed by atoms with van der Waals surface area (Å²) in [5, 5.41) is 1.25. The number of anilines is 1. The molecule has 0 aliphatic rings. The molecule has 2 rings (SSSR count). The molecule has 0 aliphatic heterocycles. The summed E-state index contributed by atoms with van der Waals surface area (Å²) in [5.74, 6) is 0.0852. The highest BCUT2D eigenvalue weighted by atomic mass is 35.5.